The van der Waals surface area contributed by atoms with Gasteiger partial charge >= 0.3 is 5.97 Å². The highest BCUT2D eigenvalue weighted by Gasteiger charge is 2.23. The van der Waals surface area contributed by atoms with E-state index in [1.165, 1.54) is 28.0 Å². The van der Waals surface area contributed by atoms with Crippen LogP contribution in [0.15, 0.2) is 24.8 Å². The molecule has 0 saturated carbocycles. The molecular weight excluding hydrogens is 380 g/mol. The minimum atomic E-state index is -1.14. The van der Waals surface area contributed by atoms with Gasteiger partial charge in [0.1, 0.15) is 11.7 Å². The first-order chi connectivity index (χ1) is 13.7. The summed E-state index contributed by atoms with van der Waals surface area (Å²) >= 11 is 0. The number of rotatable bonds is 6. The maximum Gasteiger partial charge on any atom is 0.338 e. The SMILES string of the molecule is Cc1c(NC(=O)c2c(NC(=O)C(C)n3cc(C(=O)O)cn3)cnn2C)cnn1C. The Hall–Kier alpha value is -3.96. The Labute approximate surface area is 165 Å². The Bertz CT molecular complexity index is 1090. The summed E-state index contributed by atoms with van der Waals surface area (Å²) in [7, 11) is 3.34. The van der Waals surface area contributed by atoms with Crippen molar-refractivity contribution in [2.75, 3.05) is 10.6 Å². The molecule has 2 amide bonds. The fraction of sp³-hybridized carbons (Fsp3) is 0.294. The second-order valence-corrected chi connectivity index (χ2v) is 6.43. The maximum absolute atomic E-state index is 12.7. The van der Waals surface area contributed by atoms with Crippen LogP contribution in [0.1, 0.15) is 39.5 Å². The monoisotopic (exact) mass is 400 g/mol. The highest BCUT2D eigenvalue weighted by atomic mass is 16.4. The van der Waals surface area contributed by atoms with E-state index in [2.05, 4.69) is 25.9 Å². The van der Waals surface area contributed by atoms with Gasteiger partial charge in [0, 0.05) is 20.3 Å². The molecule has 0 aromatic carbocycles. The molecule has 0 aliphatic rings. The lowest BCUT2D eigenvalue weighted by Crippen LogP contribution is -2.26. The topological polar surface area (TPSA) is 149 Å². The third-order valence-electron chi connectivity index (χ3n) is 4.52. The molecular formula is C17H20N8O4. The van der Waals surface area contributed by atoms with E-state index in [-0.39, 0.29) is 16.9 Å². The van der Waals surface area contributed by atoms with Crippen LogP contribution in [-0.4, -0.2) is 52.2 Å². The maximum atomic E-state index is 12.7. The summed E-state index contributed by atoms with van der Waals surface area (Å²) in [6, 6.07) is -0.806. The number of carbonyl (C=O) groups is 3. The molecule has 3 aromatic heterocycles. The van der Waals surface area contributed by atoms with Gasteiger partial charge in [0.05, 0.1) is 41.2 Å². The lowest BCUT2D eigenvalue weighted by atomic mass is 10.2. The van der Waals surface area contributed by atoms with E-state index >= 15 is 0 Å². The molecule has 1 atom stereocenters. The normalized spacial score (nSPS) is 11.9. The van der Waals surface area contributed by atoms with E-state index in [0.717, 1.165) is 11.9 Å². The molecule has 0 saturated heterocycles. The van der Waals surface area contributed by atoms with E-state index in [9.17, 15) is 14.4 Å². The van der Waals surface area contributed by atoms with Crippen LogP contribution in [0, 0.1) is 6.92 Å². The third-order valence-corrected chi connectivity index (χ3v) is 4.52. The Morgan fingerprint density at radius 3 is 2.24 bits per heavy atom. The van der Waals surface area contributed by atoms with Crippen molar-refractivity contribution >= 4 is 29.2 Å². The molecule has 3 heterocycles. The van der Waals surface area contributed by atoms with E-state index in [1.807, 2.05) is 6.92 Å². The fourth-order valence-corrected chi connectivity index (χ4v) is 2.62. The Balaban J connectivity index is 1.77. The highest BCUT2D eigenvalue weighted by Crippen LogP contribution is 2.20. The van der Waals surface area contributed by atoms with Crippen LogP contribution in [0.4, 0.5) is 11.4 Å². The summed E-state index contributed by atoms with van der Waals surface area (Å²) < 4.78 is 4.20. The molecule has 3 rings (SSSR count). The van der Waals surface area contributed by atoms with Crippen LogP contribution in [-0.2, 0) is 18.9 Å². The number of anilines is 2. The summed E-state index contributed by atoms with van der Waals surface area (Å²) in [5.41, 5.74) is 1.65. The first kappa shape index (κ1) is 19.8. The Morgan fingerprint density at radius 1 is 1.00 bits per heavy atom. The molecule has 3 N–H and O–H groups in total. The predicted octanol–water partition coefficient (Wildman–Crippen LogP) is 0.809. The van der Waals surface area contributed by atoms with Gasteiger partial charge < -0.3 is 15.7 Å². The average Bonchev–Trinajstić information content (AvgIpc) is 3.37. The minimum absolute atomic E-state index is 0.0297. The number of carboxylic acids is 1. The van der Waals surface area contributed by atoms with E-state index < -0.39 is 23.8 Å². The molecule has 0 fully saturated rings. The number of amides is 2. The number of aromatic nitrogens is 6. The van der Waals surface area contributed by atoms with Gasteiger partial charge in [0.25, 0.3) is 5.91 Å². The number of carboxylic acid groups (broad SMARTS) is 1. The zero-order valence-electron chi connectivity index (χ0n) is 16.2. The molecule has 0 aliphatic heterocycles. The molecule has 3 aromatic rings. The second kappa shape index (κ2) is 7.58. The minimum Gasteiger partial charge on any atom is -0.478 e. The summed E-state index contributed by atoms with van der Waals surface area (Å²) in [4.78, 5) is 36.3. The molecule has 29 heavy (non-hydrogen) atoms. The number of nitrogens with zero attached hydrogens (tertiary/aromatic N) is 6. The molecule has 0 bridgehead atoms. The van der Waals surface area contributed by atoms with Crippen LogP contribution in [0.3, 0.4) is 0 Å². The summed E-state index contributed by atoms with van der Waals surface area (Å²) in [5.74, 6) is -2.08. The van der Waals surface area contributed by atoms with Crippen molar-refractivity contribution < 1.29 is 19.5 Å². The lowest BCUT2D eigenvalue weighted by molar-refractivity contribution is -0.119. The Morgan fingerprint density at radius 2 is 1.66 bits per heavy atom. The molecule has 0 radical (unpaired) electrons. The van der Waals surface area contributed by atoms with Crippen molar-refractivity contribution in [3.8, 4) is 0 Å². The molecule has 12 heteroatoms. The number of carbonyl (C=O) groups excluding carboxylic acids is 2. The molecule has 152 valence electrons. The third kappa shape index (κ3) is 3.85. The van der Waals surface area contributed by atoms with Crippen LogP contribution in [0.25, 0.3) is 0 Å². The summed E-state index contributed by atoms with van der Waals surface area (Å²) in [5, 5.41) is 26.4. The van der Waals surface area contributed by atoms with E-state index in [4.69, 9.17) is 5.11 Å². The summed E-state index contributed by atoms with van der Waals surface area (Å²) in [6.45, 7) is 3.37. The van der Waals surface area contributed by atoms with Crippen molar-refractivity contribution in [3.05, 3.63) is 41.7 Å². The lowest BCUT2D eigenvalue weighted by Gasteiger charge is -2.13. The molecule has 0 aliphatic carbocycles. The summed E-state index contributed by atoms with van der Waals surface area (Å²) in [6.07, 6.45) is 5.31. The molecule has 1 unspecified atom stereocenters. The predicted molar refractivity (Wildman–Crippen MR) is 102 cm³/mol. The van der Waals surface area contributed by atoms with Gasteiger partial charge in [-0.1, -0.05) is 0 Å². The standard InChI is InChI=1S/C17H20N8O4/c1-9-12(6-18-23(9)3)21-16(27)14-13(7-19-24(14)4)22-15(26)10(2)25-8-11(5-20-25)17(28)29/h5-8,10H,1-4H3,(H,21,27)(H,22,26)(H,28,29). The van der Waals surface area contributed by atoms with Crippen LogP contribution >= 0.6 is 0 Å². The van der Waals surface area contributed by atoms with Gasteiger partial charge in [0.2, 0.25) is 5.91 Å². The fourth-order valence-electron chi connectivity index (χ4n) is 2.62. The van der Waals surface area contributed by atoms with Crippen molar-refractivity contribution in [1.29, 1.82) is 0 Å². The van der Waals surface area contributed by atoms with Gasteiger partial charge in [-0.2, -0.15) is 15.3 Å². The van der Waals surface area contributed by atoms with E-state index in [1.54, 1.807) is 25.7 Å². The van der Waals surface area contributed by atoms with Gasteiger partial charge in [0.15, 0.2) is 0 Å². The molecule has 12 nitrogen and oxygen atoms in total. The van der Waals surface area contributed by atoms with Gasteiger partial charge in [-0.25, -0.2) is 4.79 Å². The largest absolute Gasteiger partial charge is 0.478 e. The van der Waals surface area contributed by atoms with E-state index in [0.29, 0.717) is 5.69 Å². The first-order valence-corrected chi connectivity index (χ1v) is 8.59. The number of nitrogens with one attached hydrogen (secondary N) is 2. The number of aromatic carboxylic acids is 1. The van der Waals surface area contributed by atoms with Crippen LogP contribution in [0.2, 0.25) is 0 Å². The number of aryl methyl sites for hydroxylation is 2. The zero-order chi connectivity index (χ0) is 21.3. The number of hydrogen-bond donors (Lipinski definition) is 3. The molecule has 0 spiro atoms. The number of hydrogen-bond acceptors (Lipinski definition) is 6. The van der Waals surface area contributed by atoms with Gasteiger partial charge in [-0.3, -0.25) is 23.6 Å². The van der Waals surface area contributed by atoms with Crippen molar-refractivity contribution in [3.63, 3.8) is 0 Å². The zero-order valence-corrected chi connectivity index (χ0v) is 16.2. The highest BCUT2D eigenvalue weighted by molar-refractivity contribution is 6.09. The van der Waals surface area contributed by atoms with Crippen LogP contribution in [0.5, 0.6) is 0 Å². The van der Waals surface area contributed by atoms with Crippen molar-refractivity contribution in [1.82, 2.24) is 29.3 Å². The van der Waals surface area contributed by atoms with Gasteiger partial charge in [-0.15, -0.1) is 0 Å². The van der Waals surface area contributed by atoms with Crippen molar-refractivity contribution in [2.45, 2.75) is 19.9 Å². The average molecular weight is 400 g/mol. The van der Waals surface area contributed by atoms with Crippen LogP contribution < -0.4 is 10.6 Å². The van der Waals surface area contributed by atoms with Crippen molar-refractivity contribution in [2.24, 2.45) is 14.1 Å². The first-order valence-electron chi connectivity index (χ1n) is 8.59. The van der Waals surface area contributed by atoms with Gasteiger partial charge in [-0.05, 0) is 13.8 Å². The second-order valence-electron chi connectivity index (χ2n) is 6.43. The quantitative estimate of drug-likeness (QED) is 0.554. The smallest absolute Gasteiger partial charge is 0.338 e. The Kier molecular flexibility index (Phi) is 5.17.